The van der Waals surface area contributed by atoms with Crippen molar-refractivity contribution in [1.29, 1.82) is 0 Å². The van der Waals surface area contributed by atoms with Crippen molar-refractivity contribution >= 4 is 71.8 Å². The number of para-hydroxylation sites is 1. The van der Waals surface area contributed by atoms with Crippen molar-refractivity contribution in [1.82, 2.24) is 9.97 Å². The fraction of sp³-hybridized carbons (Fsp3) is 0.0526. The summed E-state index contributed by atoms with van der Waals surface area (Å²) in [5.41, 5.74) is 2.36. The topological polar surface area (TPSA) is 84.0 Å². The third-order valence-corrected chi connectivity index (χ3v) is 5.56. The first-order valence-electron chi connectivity index (χ1n) is 8.10. The number of carbonyl (C=O) groups is 2. The van der Waals surface area contributed by atoms with Gasteiger partial charge in [0.15, 0.2) is 5.13 Å². The second-order valence-corrected chi connectivity index (χ2v) is 7.82. The number of amides is 2. The number of hydrogen-bond donors (Lipinski definition) is 2. The molecule has 0 bridgehead atoms. The molecule has 6 nitrogen and oxygen atoms in total. The van der Waals surface area contributed by atoms with Gasteiger partial charge in [-0.05, 0) is 36.4 Å². The van der Waals surface area contributed by atoms with Crippen LogP contribution in [0.15, 0.2) is 48.5 Å². The van der Waals surface area contributed by atoms with Crippen LogP contribution in [0.1, 0.15) is 11.9 Å². The van der Waals surface area contributed by atoms with E-state index in [1.54, 1.807) is 12.1 Å². The lowest BCUT2D eigenvalue weighted by atomic mass is 10.3. The predicted molar refractivity (Wildman–Crippen MR) is 111 cm³/mol. The van der Waals surface area contributed by atoms with Gasteiger partial charge < -0.3 is 10.6 Å². The summed E-state index contributed by atoms with van der Waals surface area (Å²) < 4.78 is 1.97. The van der Waals surface area contributed by atoms with Gasteiger partial charge in [-0.25, -0.2) is 9.97 Å². The standard InChI is InChI=1S/C19H14N4O2S2/c1-11(24)20-19-23-14-7-6-12(10-16(14)27-19)21-17(25)8-9-18-22-13-4-2-3-5-15(13)26-18/h2-10H,1H3,(H,21,25)(H,20,23,24)/b9-8+. The van der Waals surface area contributed by atoms with Crippen LogP contribution in [0.4, 0.5) is 10.8 Å². The Morgan fingerprint density at radius 2 is 1.78 bits per heavy atom. The van der Waals surface area contributed by atoms with E-state index < -0.39 is 0 Å². The van der Waals surface area contributed by atoms with Gasteiger partial charge in [-0.3, -0.25) is 9.59 Å². The molecule has 2 aromatic carbocycles. The lowest BCUT2D eigenvalue weighted by Gasteiger charge is -2.01. The zero-order chi connectivity index (χ0) is 18.8. The summed E-state index contributed by atoms with van der Waals surface area (Å²) in [6.07, 6.45) is 3.18. The summed E-state index contributed by atoms with van der Waals surface area (Å²) in [5, 5.41) is 6.82. The van der Waals surface area contributed by atoms with Gasteiger partial charge in [-0.1, -0.05) is 23.5 Å². The Labute approximate surface area is 162 Å². The predicted octanol–water partition coefficient (Wildman–Crippen LogP) is 4.52. The Bertz CT molecular complexity index is 1160. The van der Waals surface area contributed by atoms with Gasteiger partial charge >= 0.3 is 0 Å². The van der Waals surface area contributed by atoms with E-state index in [-0.39, 0.29) is 11.8 Å². The van der Waals surface area contributed by atoms with E-state index in [1.807, 2.05) is 36.4 Å². The number of fused-ring (bicyclic) bond motifs is 2. The summed E-state index contributed by atoms with van der Waals surface area (Å²) in [5.74, 6) is -0.400. The van der Waals surface area contributed by atoms with E-state index in [0.29, 0.717) is 10.8 Å². The van der Waals surface area contributed by atoms with Gasteiger partial charge in [0.1, 0.15) is 5.01 Å². The van der Waals surface area contributed by atoms with Crippen LogP contribution in [0.2, 0.25) is 0 Å². The number of aromatic nitrogens is 2. The third kappa shape index (κ3) is 4.02. The van der Waals surface area contributed by atoms with Gasteiger partial charge in [0.05, 0.1) is 20.4 Å². The molecule has 2 heterocycles. The molecule has 0 atom stereocenters. The smallest absolute Gasteiger partial charge is 0.248 e. The van der Waals surface area contributed by atoms with Crippen LogP contribution in [0.3, 0.4) is 0 Å². The van der Waals surface area contributed by atoms with E-state index in [2.05, 4.69) is 20.6 Å². The van der Waals surface area contributed by atoms with Gasteiger partial charge in [-0.2, -0.15) is 0 Å². The fourth-order valence-corrected chi connectivity index (χ4v) is 4.32. The quantitative estimate of drug-likeness (QED) is 0.499. The lowest BCUT2D eigenvalue weighted by molar-refractivity contribution is -0.114. The largest absolute Gasteiger partial charge is 0.322 e. The highest BCUT2D eigenvalue weighted by Gasteiger charge is 2.07. The SMILES string of the molecule is CC(=O)Nc1nc2ccc(NC(=O)/C=C/c3nc4ccccc4s3)cc2s1. The highest BCUT2D eigenvalue weighted by Crippen LogP contribution is 2.28. The molecule has 2 aromatic heterocycles. The number of nitrogens with one attached hydrogen (secondary N) is 2. The maximum Gasteiger partial charge on any atom is 0.248 e. The van der Waals surface area contributed by atoms with Crippen molar-refractivity contribution in [2.24, 2.45) is 0 Å². The molecule has 0 saturated carbocycles. The van der Waals surface area contributed by atoms with E-state index in [9.17, 15) is 9.59 Å². The minimum atomic E-state index is -0.236. The molecular weight excluding hydrogens is 380 g/mol. The second kappa shape index (κ2) is 7.26. The van der Waals surface area contributed by atoms with Crippen molar-refractivity contribution in [2.45, 2.75) is 6.92 Å². The first-order chi connectivity index (χ1) is 13.1. The maximum absolute atomic E-state index is 12.2. The zero-order valence-corrected chi connectivity index (χ0v) is 15.9. The maximum atomic E-state index is 12.2. The summed E-state index contributed by atoms with van der Waals surface area (Å²) in [7, 11) is 0. The van der Waals surface area contributed by atoms with Crippen LogP contribution in [-0.4, -0.2) is 21.8 Å². The molecular formula is C19H14N4O2S2. The number of nitrogens with zero attached hydrogens (tertiary/aromatic N) is 2. The lowest BCUT2D eigenvalue weighted by Crippen LogP contribution is -2.07. The van der Waals surface area contributed by atoms with Gasteiger partial charge in [0.2, 0.25) is 11.8 Å². The first kappa shape index (κ1) is 17.3. The van der Waals surface area contributed by atoms with Crippen LogP contribution in [0, 0.1) is 0 Å². The van der Waals surface area contributed by atoms with Crippen molar-refractivity contribution in [3.8, 4) is 0 Å². The number of carbonyl (C=O) groups excluding carboxylic acids is 2. The molecule has 0 spiro atoms. The Balaban J connectivity index is 1.47. The van der Waals surface area contributed by atoms with Crippen LogP contribution in [-0.2, 0) is 9.59 Å². The highest BCUT2D eigenvalue weighted by atomic mass is 32.1. The molecule has 4 rings (SSSR count). The molecule has 0 unspecified atom stereocenters. The van der Waals surface area contributed by atoms with E-state index in [0.717, 1.165) is 25.4 Å². The molecule has 134 valence electrons. The monoisotopic (exact) mass is 394 g/mol. The molecule has 0 radical (unpaired) electrons. The normalized spacial score (nSPS) is 11.3. The molecule has 4 aromatic rings. The Morgan fingerprint density at radius 3 is 2.59 bits per heavy atom. The second-order valence-electron chi connectivity index (χ2n) is 5.73. The van der Waals surface area contributed by atoms with Gasteiger partial charge in [-0.15, -0.1) is 11.3 Å². The van der Waals surface area contributed by atoms with Crippen LogP contribution >= 0.6 is 22.7 Å². The van der Waals surface area contributed by atoms with Crippen LogP contribution < -0.4 is 10.6 Å². The van der Waals surface area contributed by atoms with E-state index >= 15 is 0 Å². The molecule has 0 saturated heterocycles. The third-order valence-electron chi connectivity index (χ3n) is 3.63. The Hall–Kier alpha value is -3.10. The van der Waals surface area contributed by atoms with Crippen molar-refractivity contribution < 1.29 is 9.59 Å². The molecule has 0 fully saturated rings. The highest BCUT2D eigenvalue weighted by molar-refractivity contribution is 7.22. The molecule has 27 heavy (non-hydrogen) atoms. The number of rotatable bonds is 4. The molecule has 2 N–H and O–H groups in total. The first-order valence-corrected chi connectivity index (χ1v) is 9.73. The van der Waals surface area contributed by atoms with E-state index in [4.69, 9.17) is 0 Å². The number of benzene rings is 2. The van der Waals surface area contributed by atoms with Crippen molar-refractivity contribution in [2.75, 3.05) is 10.6 Å². The summed E-state index contributed by atoms with van der Waals surface area (Å²) in [6, 6.07) is 13.3. The van der Waals surface area contributed by atoms with Gasteiger partial charge in [0, 0.05) is 18.7 Å². The molecule has 0 aliphatic carbocycles. The zero-order valence-electron chi connectivity index (χ0n) is 14.2. The fourth-order valence-electron chi connectivity index (χ4n) is 2.50. The van der Waals surface area contributed by atoms with Crippen molar-refractivity contribution in [3.63, 3.8) is 0 Å². The average molecular weight is 394 g/mol. The van der Waals surface area contributed by atoms with E-state index in [1.165, 1.54) is 35.7 Å². The molecule has 2 amide bonds. The minimum Gasteiger partial charge on any atom is -0.322 e. The minimum absolute atomic E-state index is 0.164. The van der Waals surface area contributed by atoms with Gasteiger partial charge in [0.25, 0.3) is 0 Å². The summed E-state index contributed by atoms with van der Waals surface area (Å²) in [4.78, 5) is 32.1. The van der Waals surface area contributed by atoms with Crippen LogP contribution in [0.5, 0.6) is 0 Å². The number of hydrogen-bond acceptors (Lipinski definition) is 6. The Morgan fingerprint density at radius 1 is 0.963 bits per heavy atom. The molecule has 8 heteroatoms. The number of thiazole rings is 2. The van der Waals surface area contributed by atoms with Crippen molar-refractivity contribution in [3.05, 3.63) is 53.5 Å². The molecule has 0 aliphatic rings. The van der Waals surface area contributed by atoms with Crippen LogP contribution in [0.25, 0.3) is 26.5 Å². The number of anilines is 2. The summed E-state index contributed by atoms with van der Waals surface area (Å²) in [6.45, 7) is 1.44. The average Bonchev–Trinajstić information content (AvgIpc) is 3.21. The summed E-state index contributed by atoms with van der Waals surface area (Å²) >= 11 is 2.89. The molecule has 0 aliphatic heterocycles. The Kier molecular flexibility index (Phi) is 4.66.